The number of nitrogens with two attached hydrogens (primary N) is 2. The number of carbonyl (C=O) groups is 2. The summed E-state index contributed by atoms with van der Waals surface area (Å²) in [4.78, 5) is 23.3. The summed E-state index contributed by atoms with van der Waals surface area (Å²) in [7, 11) is 1.42. The van der Waals surface area contributed by atoms with Gasteiger partial charge < -0.3 is 21.5 Å². The molecule has 1 aromatic carbocycles. The standard InChI is InChI=1S/C13H18ClN3O3/c1-13(2,12(16)19)6-17-11(18)7-4-8(14)9(15)5-10(7)20-3/h4-5H,6,15H2,1-3H3,(H2,16,19)(H,17,18). The number of hydrogen-bond donors (Lipinski definition) is 3. The first kappa shape index (κ1) is 16.1. The normalized spacial score (nSPS) is 11.0. The molecular formula is C13H18ClN3O3. The van der Waals surface area contributed by atoms with Crippen LogP contribution in [0.4, 0.5) is 5.69 Å². The van der Waals surface area contributed by atoms with Crippen LogP contribution < -0.4 is 21.5 Å². The third kappa shape index (κ3) is 3.54. The quantitative estimate of drug-likeness (QED) is 0.709. The lowest BCUT2D eigenvalue weighted by Gasteiger charge is -2.21. The second kappa shape index (κ2) is 6.00. The van der Waals surface area contributed by atoms with E-state index in [1.165, 1.54) is 19.2 Å². The summed E-state index contributed by atoms with van der Waals surface area (Å²) in [5.74, 6) is -0.612. The van der Waals surface area contributed by atoms with Gasteiger partial charge in [-0.25, -0.2) is 0 Å². The molecule has 0 aliphatic heterocycles. The Balaban J connectivity index is 2.93. The van der Waals surface area contributed by atoms with Gasteiger partial charge in [0.15, 0.2) is 0 Å². The molecule has 0 unspecified atom stereocenters. The van der Waals surface area contributed by atoms with Crippen molar-refractivity contribution >= 4 is 29.1 Å². The number of hydrogen-bond acceptors (Lipinski definition) is 4. The first-order valence-electron chi connectivity index (χ1n) is 5.90. The van der Waals surface area contributed by atoms with Crippen LogP contribution in [-0.2, 0) is 4.79 Å². The zero-order valence-electron chi connectivity index (χ0n) is 11.6. The topological polar surface area (TPSA) is 107 Å². The Morgan fingerprint density at radius 2 is 2.00 bits per heavy atom. The Bertz CT molecular complexity index is 544. The van der Waals surface area contributed by atoms with Crippen LogP contribution >= 0.6 is 11.6 Å². The van der Waals surface area contributed by atoms with E-state index < -0.39 is 17.2 Å². The fourth-order valence-electron chi connectivity index (χ4n) is 1.40. The highest BCUT2D eigenvalue weighted by atomic mass is 35.5. The summed E-state index contributed by atoms with van der Waals surface area (Å²) in [6.07, 6.45) is 0. The zero-order chi connectivity index (χ0) is 15.5. The number of benzene rings is 1. The van der Waals surface area contributed by atoms with E-state index in [9.17, 15) is 9.59 Å². The highest BCUT2D eigenvalue weighted by Crippen LogP contribution is 2.28. The van der Waals surface area contributed by atoms with Crippen molar-refractivity contribution < 1.29 is 14.3 Å². The molecular weight excluding hydrogens is 282 g/mol. The Labute approximate surface area is 122 Å². The van der Waals surface area contributed by atoms with Crippen LogP contribution in [0, 0.1) is 5.41 Å². The number of anilines is 1. The molecule has 0 aromatic heterocycles. The molecule has 110 valence electrons. The summed E-state index contributed by atoms with van der Waals surface area (Å²) in [5, 5.41) is 2.88. The van der Waals surface area contributed by atoms with Gasteiger partial charge in [0.25, 0.3) is 5.91 Å². The van der Waals surface area contributed by atoms with Gasteiger partial charge in [-0.1, -0.05) is 11.6 Å². The molecule has 0 aliphatic rings. The number of carbonyl (C=O) groups excluding carboxylic acids is 2. The van der Waals surface area contributed by atoms with Crippen molar-refractivity contribution in [3.8, 4) is 5.75 Å². The van der Waals surface area contributed by atoms with Crippen LogP contribution in [0.25, 0.3) is 0 Å². The molecule has 0 saturated carbocycles. The highest BCUT2D eigenvalue weighted by molar-refractivity contribution is 6.33. The highest BCUT2D eigenvalue weighted by Gasteiger charge is 2.26. The Kier molecular flexibility index (Phi) is 4.83. The van der Waals surface area contributed by atoms with E-state index in [1.54, 1.807) is 13.8 Å². The number of primary amides is 1. The SMILES string of the molecule is COc1cc(N)c(Cl)cc1C(=O)NCC(C)(C)C(N)=O. The van der Waals surface area contributed by atoms with Crippen molar-refractivity contribution in [3.05, 3.63) is 22.7 Å². The van der Waals surface area contributed by atoms with E-state index in [4.69, 9.17) is 27.8 Å². The lowest BCUT2D eigenvalue weighted by atomic mass is 9.92. The number of halogens is 1. The van der Waals surface area contributed by atoms with Gasteiger partial charge in [-0.2, -0.15) is 0 Å². The molecule has 0 spiro atoms. The van der Waals surface area contributed by atoms with Crippen LogP contribution in [0.15, 0.2) is 12.1 Å². The average molecular weight is 300 g/mol. The molecule has 6 nitrogen and oxygen atoms in total. The van der Waals surface area contributed by atoms with E-state index in [1.807, 2.05) is 0 Å². The van der Waals surface area contributed by atoms with Gasteiger partial charge in [-0.15, -0.1) is 0 Å². The van der Waals surface area contributed by atoms with Gasteiger partial charge in [-0.05, 0) is 19.9 Å². The molecule has 20 heavy (non-hydrogen) atoms. The van der Waals surface area contributed by atoms with Crippen molar-refractivity contribution in [2.75, 3.05) is 19.4 Å². The van der Waals surface area contributed by atoms with Crippen molar-refractivity contribution in [3.63, 3.8) is 0 Å². The maximum Gasteiger partial charge on any atom is 0.255 e. The molecule has 0 heterocycles. The van der Waals surface area contributed by atoms with Gasteiger partial charge in [0.1, 0.15) is 5.75 Å². The minimum Gasteiger partial charge on any atom is -0.496 e. The lowest BCUT2D eigenvalue weighted by molar-refractivity contribution is -0.125. The summed E-state index contributed by atoms with van der Waals surface area (Å²) in [6, 6.07) is 2.89. The van der Waals surface area contributed by atoms with Crippen LogP contribution in [0.2, 0.25) is 5.02 Å². The summed E-state index contributed by atoms with van der Waals surface area (Å²) in [5.41, 5.74) is 10.6. The number of amides is 2. The third-order valence-electron chi connectivity index (χ3n) is 2.92. The summed E-state index contributed by atoms with van der Waals surface area (Å²) in [6.45, 7) is 3.39. The Hall–Kier alpha value is -1.95. The average Bonchev–Trinajstić information content (AvgIpc) is 2.38. The number of methoxy groups -OCH3 is 1. The van der Waals surface area contributed by atoms with Crippen molar-refractivity contribution in [1.82, 2.24) is 5.32 Å². The fraction of sp³-hybridized carbons (Fsp3) is 0.385. The number of nitrogen functional groups attached to an aromatic ring is 1. The molecule has 5 N–H and O–H groups in total. The maximum atomic E-state index is 12.1. The third-order valence-corrected chi connectivity index (χ3v) is 3.25. The maximum absolute atomic E-state index is 12.1. The largest absolute Gasteiger partial charge is 0.496 e. The monoisotopic (exact) mass is 299 g/mol. The minimum atomic E-state index is -0.847. The Morgan fingerprint density at radius 3 is 2.50 bits per heavy atom. The fourth-order valence-corrected chi connectivity index (χ4v) is 1.56. The van der Waals surface area contributed by atoms with Gasteiger partial charge in [0.2, 0.25) is 5.91 Å². The van der Waals surface area contributed by atoms with Crippen LogP contribution in [0.1, 0.15) is 24.2 Å². The van der Waals surface area contributed by atoms with E-state index in [0.717, 1.165) is 0 Å². The molecule has 1 aromatic rings. The molecule has 0 saturated heterocycles. The second-order valence-electron chi connectivity index (χ2n) is 5.00. The number of nitrogens with one attached hydrogen (secondary N) is 1. The van der Waals surface area contributed by atoms with Gasteiger partial charge >= 0.3 is 0 Å². The van der Waals surface area contributed by atoms with Crippen molar-refractivity contribution in [2.45, 2.75) is 13.8 Å². The second-order valence-corrected chi connectivity index (χ2v) is 5.41. The molecule has 0 atom stereocenters. The predicted octanol–water partition coefficient (Wildman–Crippen LogP) is 1.17. The lowest BCUT2D eigenvalue weighted by Crippen LogP contribution is -2.42. The van der Waals surface area contributed by atoms with Crippen molar-refractivity contribution in [1.29, 1.82) is 0 Å². The first-order valence-corrected chi connectivity index (χ1v) is 6.28. The van der Waals surface area contributed by atoms with E-state index in [-0.39, 0.29) is 17.1 Å². The molecule has 2 amide bonds. The molecule has 0 aliphatic carbocycles. The number of ether oxygens (including phenoxy) is 1. The minimum absolute atomic E-state index is 0.103. The van der Waals surface area contributed by atoms with E-state index in [2.05, 4.69) is 5.32 Å². The van der Waals surface area contributed by atoms with Crippen LogP contribution in [0.3, 0.4) is 0 Å². The summed E-state index contributed by atoms with van der Waals surface area (Å²) >= 11 is 5.89. The zero-order valence-corrected chi connectivity index (χ0v) is 12.4. The van der Waals surface area contributed by atoms with Gasteiger partial charge in [0, 0.05) is 12.6 Å². The number of rotatable bonds is 5. The van der Waals surface area contributed by atoms with E-state index >= 15 is 0 Å². The predicted molar refractivity (Wildman–Crippen MR) is 77.7 cm³/mol. The van der Waals surface area contributed by atoms with E-state index in [0.29, 0.717) is 11.4 Å². The van der Waals surface area contributed by atoms with Crippen LogP contribution in [0.5, 0.6) is 5.75 Å². The Morgan fingerprint density at radius 1 is 1.40 bits per heavy atom. The van der Waals surface area contributed by atoms with Gasteiger partial charge in [0.05, 0.1) is 28.8 Å². The molecule has 0 fully saturated rings. The summed E-state index contributed by atoms with van der Waals surface area (Å²) < 4.78 is 5.09. The smallest absolute Gasteiger partial charge is 0.255 e. The molecule has 0 radical (unpaired) electrons. The first-order chi connectivity index (χ1) is 9.19. The molecule has 0 bridgehead atoms. The molecule has 7 heteroatoms. The van der Waals surface area contributed by atoms with Gasteiger partial charge in [-0.3, -0.25) is 9.59 Å². The van der Waals surface area contributed by atoms with Crippen LogP contribution in [-0.4, -0.2) is 25.5 Å². The van der Waals surface area contributed by atoms with Crippen molar-refractivity contribution in [2.24, 2.45) is 11.1 Å². The molecule has 1 rings (SSSR count).